The number of aryl methyl sites for hydroxylation is 2. The third kappa shape index (κ3) is 3.54. The van der Waals surface area contributed by atoms with Crippen LogP contribution in [-0.2, 0) is 4.79 Å². The van der Waals surface area contributed by atoms with Gasteiger partial charge in [0.2, 0.25) is 0 Å². The van der Waals surface area contributed by atoms with E-state index in [2.05, 4.69) is 5.32 Å². The molecule has 1 amide bonds. The van der Waals surface area contributed by atoms with Gasteiger partial charge in [-0.3, -0.25) is 9.59 Å². The number of halogens is 1. The van der Waals surface area contributed by atoms with Crippen LogP contribution in [0, 0.1) is 13.8 Å². The van der Waals surface area contributed by atoms with E-state index in [4.69, 9.17) is 16.3 Å². The molecule has 5 heteroatoms. The van der Waals surface area contributed by atoms with Crippen molar-refractivity contribution in [3.8, 4) is 5.75 Å². The summed E-state index contributed by atoms with van der Waals surface area (Å²) in [7, 11) is 0. The number of amides is 1. The van der Waals surface area contributed by atoms with Crippen molar-refractivity contribution in [1.82, 2.24) is 0 Å². The van der Waals surface area contributed by atoms with Crippen LogP contribution in [-0.4, -0.2) is 18.3 Å². The maximum absolute atomic E-state index is 12.3. The quantitative estimate of drug-likeness (QED) is 0.865. The first-order chi connectivity index (χ1) is 11.9. The lowest BCUT2D eigenvalue weighted by molar-refractivity contribution is -0.118. The highest BCUT2D eigenvalue weighted by Gasteiger charge is 2.31. The maximum atomic E-state index is 12.3. The Morgan fingerprint density at radius 1 is 1.24 bits per heavy atom. The minimum absolute atomic E-state index is 0.0762. The summed E-state index contributed by atoms with van der Waals surface area (Å²) < 4.78 is 5.66. The second kappa shape index (κ2) is 6.89. The third-order valence-corrected chi connectivity index (χ3v) is 4.76. The SMILES string of the molecule is Cc1ccc(Cl)cc1NC(=O)COc1ccc(C)c2c1C(=O)C[C@@H]2C. The molecule has 0 saturated heterocycles. The van der Waals surface area contributed by atoms with Crippen LogP contribution in [0.15, 0.2) is 30.3 Å². The van der Waals surface area contributed by atoms with E-state index in [1.807, 2.05) is 32.9 Å². The van der Waals surface area contributed by atoms with E-state index in [1.165, 1.54) is 0 Å². The average molecular weight is 358 g/mol. The number of Topliss-reactive ketones (excluding diaryl/α,β-unsaturated/α-hetero) is 1. The fourth-order valence-corrected chi connectivity index (χ4v) is 3.46. The number of carbonyl (C=O) groups excluding carboxylic acids is 2. The van der Waals surface area contributed by atoms with Gasteiger partial charge in [0.15, 0.2) is 12.4 Å². The van der Waals surface area contributed by atoms with Gasteiger partial charge in [0.25, 0.3) is 5.91 Å². The zero-order valence-electron chi connectivity index (χ0n) is 14.5. The van der Waals surface area contributed by atoms with Crippen molar-refractivity contribution in [3.63, 3.8) is 0 Å². The molecule has 4 nitrogen and oxygen atoms in total. The van der Waals surface area contributed by atoms with Crippen LogP contribution < -0.4 is 10.1 Å². The summed E-state index contributed by atoms with van der Waals surface area (Å²) in [6.07, 6.45) is 0.491. The summed E-state index contributed by atoms with van der Waals surface area (Å²) in [5.41, 5.74) is 4.31. The Balaban J connectivity index is 1.73. The Morgan fingerprint density at radius 3 is 2.72 bits per heavy atom. The summed E-state index contributed by atoms with van der Waals surface area (Å²) in [5.74, 6) is 0.451. The van der Waals surface area contributed by atoms with Crippen LogP contribution in [0.3, 0.4) is 0 Å². The third-order valence-electron chi connectivity index (χ3n) is 4.52. The molecule has 1 aliphatic rings. The first-order valence-electron chi connectivity index (χ1n) is 8.22. The monoisotopic (exact) mass is 357 g/mol. The van der Waals surface area contributed by atoms with E-state index in [0.29, 0.717) is 28.4 Å². The Kier molecular flexibility index (Phi) is 4.82. The smallest absolute Gasteiger partial charge is 0.262 e. The van der Waals surface area contributed by atoms with Gasteiger partial charge in [0.1, 0.15) is 5.75 Å². The van der Waals surface area contributed by atoms with Gasteiger partial charge in [0.05, 0.1) is 5.56 Å². The van der Waals surface area contributed by atoms with E-state index >= 15 is 0 Å². The number of ether oxygens (including phenoxy) is 1. The zero-order chi connectivity index (χ0) is 18.1. The molecule has 2 aromatic carbocycles. The second-order valence-electron chi connectivity index (χ2n) is 6.49. The van der Waals surface area contributed by atoms with Crippen molar-refractivity contribution in [2.75, 3.05) is 11.9 Å². The minimum atomic E-state index is -0.293. The Morgan fingerprint density at radius 2 is 1.96 bits per heavy atom. The van der Waals surface area contributed by atoms with Gasteiger partial charge in [-0.2, -0.15) is 0 Å². The van der Waals surface area contributed by atoms with Gasteiger partial charge >= 0.3 is 0 Å². The highest BCUT2D eigenvalue weighted by atomic mass is 35.5. The van der Waals surface area contributed by atoms with Gasteiger partial charge in [-0.25, -0.2) is 0 Å². The minimum Gasteiger partial charge on any atom is -0.483 e. The summed E-state index contributed by atoms with van der Waals surface area (Å²) in [6.45, 7) is 5.75. The van der Waals surface area contributed by atoms with Crippen LogP contribution in [0.25, 0.3) is 0 Å². The maximum Gasteiger partial charge on any atom is 0.262 e. The van der Waals surface area contributed by atoms with Crippen LogP contribution in [0.5, 0.6) is 5.75 Å². The molecule has 0 spiro atoms. The lowest BCUT2D eigenvalue weighted by atomic mass is 9.97. The molecule has 1 atom stereocenters. The Hall–Kier alpha value is -2.33. The molecular formula is C20H20ClNO3. The summed E-state index contributed by atoms with van der Waals surface area (Å²) in [4.78, 5) is 24.5. The van der Waals surface area contributed by atoms with Gasteiger partial charge in [-0.15, -0.1) is 0 Å². The number of hydrogen-bond donors (Lipinski definition) is 1. The molecule has 0 aromatic heterocycles. The number of hydrogen-bond acceptors (Lipinski definition) is 3. The molecule has 0 fully saturated rings. The topological polar surface area (TPSA) is 55.4 Å². The van der Waals surface area contributed by atoms with Crippen molar-refractivity contribution in [2.24, 2.45) is 0 Å². The van der Waals surface area contributed by atoms with Crippen molar-refractivity contribution in [3.05, 3.63) is 57.6 Å². The molecule has 0 aliphatic heterocycles. The number of ketones is 1. The number of carbonyl (C=O) groups is 2. The molecule has 0 bridgehead atoms. The zero-order valence-corrected chi connectivity index (χ0v) is 15.2. The lowest BCUT2D eigenvalue weighted by Gasteiger charge is -2.14. The van der Waals surface area contributed by atoms with Gasteiger partial charge in [-0.05, 0) is 54.7 Å². The van der Waals surface area contributed by atoms with E-state index in [0.717, 1.165) is 16.7 Å². The van der Waals surface area contributed by atoms with E-state index < -0.39 is 0 Å². The fourth-order valence-electron chi connectivity index (χ4n) is 3.29. The molecule has 130 valence electrons. The van der Waals surface area contributed by atoms with Gasteiger partial charge in [0, 0.05) is 17.1 Å². The van der Waals surface area contributed by atoms with Crippen molar-refractivity contribution in [2.45, 2.75) is 33.1 Å². The van der Waals surface area contributed by atoms with Crippen LogP contribution in [0.2, 0.25) is 5.02 Å². The van der Waals surface area contributed by atoms with Crippen molar-refractivity contribution < 1.29 is 14.3 Å². The second-order valence-corrected chi connectivity index (χ2v) is 6.93. The molecule has 0 radical (unpaired) electrons. The molecule has 0 saturated carbocycles. The van der Waals surface area contributed by atoms with Crippen LogP contribution in [0.4, 0.5) is 5.69 Å². The number of rotatable bonds is 4. The van der Waals surface area contributed by atoms with Gasteiger partial charge in [-0.1, -0.05) is 30.7 Å². The predicted molar refractivity (Wildman–Crippen MR) is 98.9 cm³/mol. The molecule has 0 heterocycles. The van der Waals surface area contributed by atoms with Crippen molar-refractivity contribution >= 4 is 29.0 Å². The first-order valence-corrected chi connectivity index (χ1v) is 8.60. The molecule has 1 aliphatic carbocycles. The molecule has 2 aromatic rings. The summed E-state index contributed by atoms with van der Waals surface area (Å²) in [6, 6.07) is 9.00. The summed E-state index contributed by atoms with van der Waals surface area (Å²) in [5, 5.41) is 3.34. The first kappa shape index (κ1) is 17.5. The normalized spacial score (nSPS) is 15.8. The van der Waals surface area contributed by atoms with Gasteiger partial charge < -0.3 is 10.1 Å². The van der Waals surface area contributed by atoms with Crippen LogP contribution >= 0.6 is 11.6 Å². The number of nitrogens with one attached hydrogen (secondary N) is 1. The molecule has 25 heavy (non-hydrogen) atoms. The van der Waals surface area contributed by atoms with E-state index in [9.17, 15) is 9.59 Å². The Labute approximate surface area is 152 Å². The Bertz CT molecular complexity index is 860. The molecular weight excluding hydrogens is 338 g/mol. The number of fused-ring (bicyclic) bond motifs is 1. The van der Waals surface area contributed by atoms with E-state index in [-0.39, 0.29) is 24.2 Å². The fraction of sp³-hybridized carbons (Fsp3) is 0.300. The van der Waals surface area contributed by atoms with E-state index in [1.54, 1.807) is 18.2 Å². The summed E-state index contributed by atoms with van der Waals surface area (Å²) >= 11 is 5.96. The number of benzene rings is 2. The van der Waals surface area contributed by atoms with Crippen LogP contribution in [0.1, 0.15) is 46.3 Å². The number of anilines is 1. The standard InChI is InChI=1S/C20H20ClNO3/c1-11-4-6-14(21)9-15(11)22-18(24)10-25-17-7-5-12(2)19-13(3)8-16(23)20(17)19/h4-7,9,13H,8,10H2,1-3H3,(H,22,24)/t13-/m0/s1. The molecule has 1 N–H and O–H groups in total. The predicted octanol–water partition coefficient (Wildman–Crippen LogP) is 4.66. The molecule has 0 unspecified atom stereocenters. The molecule has 3 rings (SSSR count). The highest BCUT2D eigenvalue weighted by molar-refractivity contribution is 6.31. The lowest BCUT2D eigenvalue weighted by Crippen LogP contribution is -2.21. The largest absolute Gasteiger partial charge is 0.483 e. The average Bonchev–Trinajstić information content (AvgIpc) is 2.86. The van der Waals surface area contributed by atoms with Crippen molar-refractivity contribution in [1.29, 1.82) is 0 Å². The highest BCUT2D eigenvalue weighted by Crippen LogP contribution is 2.40.